The van der Waals surface area contributed by atoms with Gasteiger partial charge in [-0.05, 0) is 38.3 Å². The maximum atomic E-state index is 12.7. The SMILES string of the molecule is Cc1ccc(-c2cnc(N3CCC[C@H](C(=O)NCCCN4CCOCC4)C3)nc2)cc1. The lowest BCUT2D eigenvalue weighted by Crippen LogP contribution is -2.44. The van der Waals surface area contributed by atoms with Gasteiger partial charge in [0.2, 0.25) is 11.9 Å². The van der Waals surface area contributed by atoms with Crippen molar-refractivity contribution in [1.82, 2.24) is 20.2 Å². The summed E-state index contributed by atoms with van der Waals surface area (Å²) in [4.78, 5) is 26.4. The number of carbonyl (C=O) groups is 1. The summed E-state index contributed by atoms with van der Waals surface area (Å²) in [5, 5.41) is 3.13. The first-order chi connectivity index (χ1) is 15.2. The lowest BCUT2D eigenvalue weighted by molar-refractivity contribution is -0.125. The second kappa shape index (κ2) is 10.7. The molecule has 31 heavy (non-hydrogen) atoms. The van der Waals surface area contributed by atoms with Crippen molar-refractivity contribution in [1.29, 1.82) is 0 Å². The quantitative estimate of drug-likeness (QED) is 0.690. The monoisotopic (exact) mass is 423 g/mol. The maximum Gasteiger partial charge on any atom is 0.225 e. The molecule has 0 saturated carbocycles. The van der Waals surface area contributed by atoms with Gasteiger partial charge < -0.3 is 15.0 Å². The average molecular weight is 424 g/mol. The normalized spacial score (nSPS) is 19.9. The number of ether oxygens (including phenoxy) is 1. The highest BCUT2D eigenvalue weighted by Crippen LogP contribution is 2.23. The minimum Gasteiger partial charge on any atom is -0.379 e. The van der Waals surface area contributed by atoms with E-state index < -0.39 is 0 Å². The van der Waals surface area contributed by atoms with Gasteiger partial charge >= 0.3 is 0 Å². The van der Waals surface area contributed by atoms with Crippen LogP contribution in [0.1, 0.15) is 24.8 Å². The minimum absolute atomic E-state index is 0.00230. The first-order valence-electron chi connectivity index (χ1n) is 11.4. The molecule has 4 rings (SSSR count). The summed E-state index contributed by atoms with van der Waals surface area (Å²) in [5.41, 5.74) is 3.36. The van der Waals surface area contributed by atoms with Crippen molar-refractivity contribution in [3.63, 3.8) is 0 Å². The second-order valence-corrected chi connectivity index (χ2v) is 8.52. The number of rotatable bonds is 7. The van der Waals surface area contributed by atoms with Crippen LogP contribution in [0.2, 0.25) is 0 Å². The van der Waals surface area contributed by atoms with E-state index in [1.807, 2.05) is 12.4 Å². The summed E-state index contributed by atoms with van der Waals surface area (Å²) < 4.78 is 5.38. The fourth-order valence-corrected chi connectivity index (χ4v) is 4.24. The van der Waals surface area contributed by atoms with Crippen molar-refractivity contribution in [3.05, 3.63) is 42.2 Å². The lowest BCUT2D eigenvalue weighted by atomic mass is 9.97. The number of nitrogens with zero attached hydrogens (tertiary/aromatic N) is 4. The molecule has 1 amide bonds. The van der Waals surface area contributed by atoms with Crippen LogP contribution in [-0.4, -0.2) is 73.3 Å². The lowest BCUT2D eigenvalue weighted by Gasteiger charge is -2.32. The summed E-state index contributed by atoms with van der Waals surface area (Å²) in [6.45, 7) is 9.02. The van der Waals surface area contributed by atoms with Gasteiger partial charge in [-0.25, -0.2) is 9.97 Å². The number of nitrogens with one attached hydrogen (secondary N) is 1. The van der Waals surface area contributed by atoms with E-state index in [9.17, 15) is 4.79 Å². The Morgan fingerprint density at radius 3 is 2.58 bits per heavy atom. The average Bonchev–Trinajstić information content (AvgIpc) is 2.83. The molecule has 0 spiro atoms. The van der Waals surface area contributed by atoms with E-state index >= 15 is 0 Å². The largest absolute Gasteiger partial charge is 0.379 e. The van der Waals surface area contributed by atoms with Crippen LogP contribution in [0.4, 0.5) is 5.95 Å². The number of carbonyl (C=O) groups excluding carboxylic acids is 1. The number of piperidine rings is 1. The zero-order chi connectivity index (χ0) is 21.5. The number of hydrogen-bond acceptors (Lipinski definition) is 6. The number of aromatic nitrogens is 2. The molecule has 7 nitrogen and oxygen atoms in total. The standard InChI is InChI=1S/C24H33N5O2/c1-19-5-7-20(8-6-19)22-16-26-24(27-17-22)29-11-2-4-21(18-29)23(30)25-9-3-10-28-12-14-31-15-13-28/h5-8,16-17,21H,2-4,9-15,18H2,1H3,(H,25,30)/t21-/m0/s1. The first kappa shape index (κ1) is 21.7. The molecule has 1 aromatic heterocycles. The van der Waals surface area contributed by atoms with E-state index in [1.165, 1.54) is 5.56 Å². The van der Waals surface area contributed by atoms with Crippen molar-refractivity contribution in [2.45, 2.75) is 26.2 Å². The van der Waals surface area contributed by atoms with Crippen molar-refractivity contribution < 1.29 is 9.53 Å². The fraction of sp³-hybridized carbons (Fsp3) is 0.542. The van der Waals surface area contributed by atoms with Crippen molar-refractivity contribution in [3.8, 4) is 11.1 Å². The minimum atomic E-state index is -0.00230. The van der Waals surface area contributed by atoms with Crippen LogP contribution >= 0.6 is 0 Å². The van der Waals surface area contributed by atoms with Crippen molar-refractivity contribution in [2.75, 3.05) is 57.4 Å². The van der Waals surface area contributed by atoms with Gasteiger partial charge in [0.1, 0.15) is 0 Å². The third kappa shape index (κ3) is 6.02. The van der Waals surface area contributed by atoms with Crippen LogP contribution in [0.25, 0.3) is 11.1 Å². The molecular formula is C24H33N5O2. The molecule has 3 heterocycles. The first-order valence-corrected chi connectivity index (χ1v) is 11.4. The molecule has 2 aliphatic heterocycles. The zero-order valence-electron chi connectivity index (χ0n) is 18.4. The Balaban J connectivity index is 1.25. The summed E-state index contributed by atoms with van der Waals surface area (Å²) in [5.74, 6) is 0.862. The topological polar surface area (TPSA) is 70.6 Å². The predicted octanol–water partition coefficient (Wildman–Crippen LogP) is 2.51. The van der Waals surface area contributed by atoms with Crippen molar-refractivity contribution >= 4 is 11.9 Å². The molecule has 2 aromatic rings. The molecule has 166 valence electrons. The highest BCUT2D eigenvalue weighted by molar-refractivity contribution is 5.79. The highest BCUT2D eigenvalue weighted by Gasteiger charge is 2.27. The van der Waals surface area contributed by atoms with Crippen LogP contribution in [0, 0.1) is 12.8 Å². The Bertz CT molecular complexity index is 834. The third-order valence-corrected chi connectivity index (χ3v) is 6.15. The molecule has 0 unspecified atom stereocenters. The van der Waals surface area contributed by atoms with Crippen LogP contribution in [0.5, 0.6) is 0 Å². The van der Waals surface area contributed by atoms with E-state index in [1.54, 1.807) is 0 Å². The summed E-state index contributed by atoms with van der Waals surface area (Å²) >= 11 is 0. The molecule has 2 aliphatic rings. The number of benzene rings is 1. The van der Waals surface area contributed by atoms with Crippen LogP contribution in [0.15, 0.2) is 36.7 Å². The van der Waals surface area contributed by atoms with E-state index in [4.69, 9.17) is 4.74 Å². The molecule has 2 saturated heterocycles. The van der Waals surface area contributed by atoms with Gasteiger partial charge in [0.05, 0.1) is 19.1 Å². The number of hydrogen-bond donors (Lipinski definition) is 1. The van der Waals surface area contributed by atoms with Crippen molar-refractivity contribution in [2.24, 2.45) is 5.92 Å². The van der Waals surface area contributed by atoms with E-state index in [-0.39, 0.29) is 11.8 Å². The van der Waals surface area contributed by atoms with Gasteiger partial charge in [0.15, 0.2) is 0 Å². The number of morpholine rings is 1. The molecule has 7 heteroatoms. The molecule has 1 N–H and O–H groups in total. The van der Waals surface area contributed by atoms with E-state index in [2.05, 4.69) is 56.3 Å². The smallest absolute Gasteiger partial charge is 0.225 e. The molecule has 0 radical (unpaired) electrons. The molecule has 2 fully saturated rings. The summed E-state index contributed by atoms with van der Waals surface area (Å²) in [6, 6.07) is 8.37. The highest BCUT2D eigenvalue weighted by atomic mass is 16.5. The predicted molar refractivity (Wildman–Crippen MR) is 122 cm³/mol. The Kier molecular flexibility index (Phi) is 7.48. The second-order valence-electron chi connectivity index (χ2n) is 8.52. The summed E-state index contributed by atoms with van der Waals surface area (Å²) in [6.07, 6.45) is 6.64. The van der Waals surface area contributed by atoms with Gasteiger partial charge in [0, 0.05) is 50.7 Å². The van der Waals surface area contributed by atoms with Gasteiger partial charge in [0.25, 0.3) is 0 Å². The molecular weight excluding hydrogens is 390 g/mol. The number of anilines is 1. The maximum absolute atomic E-state index is 12.7. The summed E-state index contributed by atoms with van der Waals surface area (Å²) in [7, 11) is 0. The van der Waals surface area contributed by atoms with Crippen LogP contribution < -0.4 is 10.2 Å². The molecule has 1 atom stereocenters. The van der Waals surface area contributed by atoms with Crippen LogP contribution in [0.3, 0.4) is 0 Å². The Morgan fingerprint density at radius 1 is 1.10 bits per heavy atom. The van der Waals surface area contributed by atoms with E-state index in [0.29, 0.717) is 12.5 Å². The number of amides is 1. The fourth-order valence-electron chi connectivity index (χ4n) is 4.24. The molecule has 0 bridgehead atoms. The Morgan fingerprint density at radius 2 is 1.84 bits per heavy atom. The van der Waals surface area contributed by atoms with Crippen LogP contribution in [-0.2, 0) is 9.53 Å². The van der Waals surface area contributed by atoms with Gasteiger partial charge in [-0.3, -0.25) is 9.69 Å². The zero-order valence-corrected chi connectivity index (χ0v) is 18.4. The molecule has 0 aliphatic carbocycles. The van der Waals surface area contributed by atoms with Gasteiger partial charge in [-0.1, -0.05) is 29.8 Å². The molecule has 1 aromatic carbocycles. The third-order valence-electron chi connectivity index (χ3n) is 6.15. The van der Waals surface area contributed by atoms with Gasteiger partial charge in [-0.2, -0.15) is 0 Å². The van der Waals surface area contributed by atoms with E-state index in [0.717, 1.165) is 76.3 Å². The van der Waals surface area contributed by atoms with Gasteiger partial charge in [-0.15, -0.1) is 0 Å². The number of aryl methyl sites for hydroxylation is 1. The Labute approximate surface area is 184 Å². The Hall–Kier alpha value is -2.51.